The van der Waals surface area contributed by atoms with Gasteiger partial charge in [-0.3, -0.25) is 4.90 Å². The second-order valence-corrected chi connectivity index (χ2v) is 5.45. The lowest BCUT2D eigenvalue weighted by atomic mass is 9.93. The van der Waals surface area contributed by atoms with Crippen LogP contribution >= 0.6 is 0 Å². The molecule has 0 aromatic heterocycles. The smallest absolute Gasteiger partial charge is 0.111 e. The molecule has 0 amide bonds. The van der Waals surface area contributed by atoms with Gasteiger partial charge in [0.1, 0.15) is 6.23 Å². The third-order valence-electron chi connectivity index (χ3n) is 4.20. The lowest BCUT2D eigenvalue weighted by molar-refractivity contribution is -0.0958. The lowest BCUT2D eigenvalue weighted by Crippen LogP contribution is -2.34. The summed E-state index contributed by atoms with van der Waals surface area (Å²) >= 11 is 0. The van der Waals surface area contributed by atoms with Crippen molar-refractivity contribution in [3.63, 3.8) is 0 Å². The zero-order chi connectivity index (χ0) is 11.7. The molecule has 0 N–H and O–H groups in total. The van der Waals surface area contributed by atoms with Crippen molar-refractivity contribution in [2.24, 2.45) is 0 Å². The molecule has 92 valence electrons. The van der Waals surface area contributed by atoms with Gasteiger partial charge < -0.3 is 4.74 Å². The van der Waals surface area contributed by atoms with Crippen LogP contribution in [0.3, 0.4) is 0 Å². The molecule has 0 bridgehead atoms. The Bertz CT molecular complexity index is 372. The summed E-state index contributed by atoms with van der Waals surface area (Å²) in [5.41, 5.74) is 1.25. The molecule has 2 fully saturated rings. The molecule has 0 spiro atoms. The van der Waals surface area contributed by atoms with Crippen molar-refractivity contribution in [1.82, 2.24) is 4.90 Å². The van der Waals surface area contributed by atoms with Gasteiger partial charge in [0.25, 0.3) is 0 Å². The lowest BCUT2D eigenvalue weighted by Gasteiger charge is -2.29. The molecule has 2 unspecified atom stereocenters. The molecule has 1 aromatic rings. The highest BCUT2D eigenvalue weighted by atomic mass is 16.5. The van der Waals surface area contributed by atoms with E-state index in [0.717, 1.165) is 6.42 Å². The minimum atomic E-state index is -0.0749. The van der Waals surface area contributed by atoms with Crippen LogP contribution in [-0.4, -0.2) is 24.2 Å². The van der Waals surface area contributed by atoms with Crippen molar-refractivity contribution in [2.75, 3.05) is 13.1 Å². The first-order valence-corrected chi connectivity index (χ1v) is 6.75. The summed E-state index contributed by atoms with van der Waals surface area (Å²) in [6.07, 6.45) is 5.33. The summed E-state index contributed by atoms with van der Waals surface area (Å²) in [6.45, 7) is 4.67. The Balaban J connectivity index is 1.74. The van der Waals surface area contributed by atoms with Crippen LogP contribution in [0, 0.1) is 0 Å². The van der Waals surface area contributed by atoms with Crippen LogP contribution < -0.4 is 0 Å². The van der Waals surface area contributed by atoms with E-state index in [1.165, 1.54) is 37.9 Å². The largest absolute Gasteiger partial charge is 0.352 e. The Labute approximate surface area is 104 Å². The fraction of sp³-hybridized carbons (Fsp3) is 0.600. The van der Waals surface area contributed by atoms with E-state index in [1.807, 2.05) is 0 Å². The molecule has 2 atom stereocenters. The first-order chi connectivity index (χ1) is 8.28. The van der Waals surface area contributed by atoms with E-state index < -0.39 is 0 Å². The van der Waals surface area contributed by atoms with Gasteiger partial charge in [-0.2, -0.15) is 0 Å². The molecule has 2 aliphatic rings. The Morgan fingerprint density at radius 3 is 2.59 bits per heavy atom. The van der Waals surface area contributed by atoms with Gasteiger partial charge in [0.05, 0.1) is 5.60 Å². The van der Waals surface area contributed by atoms with Crippen molar-refractivity contribution in [2.45, 2.75) is 44.4 Å². The van der Waals surface area contributed by atoms with E-state index in [4.69, 9.17) is 4.74 Å². The molecule has 2 heterocycles. The average Bonchev–Trinajstić information content (AvgIpc) is 3.00. The number of benzene rings is 1. The molecule has 2 saturated heterocycles. The molecule has 2 nitrogen and oxygen atoms in total. The van der Waals surface area contributed by atoms with Crippen LogP contribution in [0.15, 0.2) is 30.3 Å². The highest BCUT2D eigenvalue weighted by molar-refractivity contribution is 5.22. The summed E-state index contributed by atoms with van der Waals surface area (Å²) in [6, 6.07) is 10.7. The van der Waals surface area contributed by atoms with Gasteiger partial charge in [-0.05, 0) is 38.2 Å². The Morgan fingerprint density at radius 1 is 1.18 bits per heavy atom. The Kier molecular flexibility index (Phi) is 2.93. The second kappa shape index (κ2) is 4.43. The van der Waals surface area contributed by atoms with Crippen LogP contribution in [0.2, 0.25) is 0 Å². The van der Waals surface area contributed by atoms with E-state index in [-0.39, 0.29) is 5.60 Å². The number of ether oxygens (including phenoxy) is 1. The van der Waals surface area contributed by atoms with Crippen molar-refractivity contribution in [3.05, 3.63) is 35.9 Å². The van der Waals surface area contributed by atoms with Crippen LogP contribution in [0.4, 0.5) is 0 Å². The molecule has 0 saturated carbocycles. The molecular weight excluding hydrogens is 210 g/mol. The highest BCUT2D eigenvalue weighted by Gasteiger charge is 2.40. The third kappa shape index (κ3) is 2.12. The zero-order valence-electron chi connectivity index (χ0n) is 10.6. The predicted octanol–water partition coefficient (Wildman–Crippen LogP) is 3.13. The zero-order valence-corrected chi connectivity index (χ0v) is 10.6. The van der Waals surface area contributed by atoms with Crippen molar-refractivity contribution < 1.29 is 4.74 Å². The van der Waals surface area contributed by atoms with Gasteiger partial charge in [0.2, 0.25) is 0 Å². The van der Waals surface area contributed by atoms with Crippen molar-refractivity contribution in [1.29, 1.82) is 0 Å². The number of nitrogens with zero attached hydrogens (tertiary/aromatic N) is 1. The minimum absolute atomic E-state index is 0.0749. The first-order valence-electron chi connectivity index (χ1n) is 6.75. The van der Waals surface area contributed by atoms with E-state index in [2.05, 4.69) is 42.2 Å². The molecule has 2 heteroatoms. The van der Waals surface area contributed by atoms with Crippen molar-refractivity contribution in [3.8, 4) is 0 Å². The highest BCUT2D eigenvalue weighted by Crippen LogP contribution is 2.40. The molecule has 17 heavy (non-hydrogen) atoms. The Morgan fingerprint density at radius 2 is 1.88 bits per heavy atom. The number of likely N-dealkylation sites (tertiary alicyclic amines) is 1. The minimum Gasteiger partial charge on any atom is -0.352 e. The third-order valence-corrected chi connectivity index (χ3v) is 4.20. The monoisotopic (exact) mass is 231 g/mol. The van der Waals surface area contributed by atoms with Gasteiger partial charge in [-0.25, -0.2) is 0 Å². The molecular formula is C15H21NO. The summed E-state index contributed by atoms with van der Waals surface area (Å²) in [4.78, 5) is 2.51. The number of hydrogen-bond acceptors (Lipinski definition) is 2. The SMILES string of the molecule is CC1(c2ccccc2)CCC(N2CCCC2)O1. The quantitative estimate of drug-likeness (QED) is 0.775. The van der Waals surface area contributed by atoms with Crippen LogP contribution in [0.5, 0.6) is 0 Å². The molecule has 1 aromatic carbocycles. The summed E-state index contributed by atoms with van der Waals surface area (Å²) in [7, 11) is 0. The van der Waals surface area contributed by atoms with Gasteiger partial charge in [-0.15, -0.1) is 0 Å². The molecule has 0 aliphatic carbocycles. The maximum atomic E-state index is 6.34. The normalized spacial score (nSPS) is 34.3. The molecule has 0 radical (unpaired) electrons. The van der Waals surface area contributed by atoms with E-state index in [1.54, 1.807) is 0 Å². The van der Waals surface area contributed by atoms with Gasteiger partial charge in [0.15, 0.2) is 0 Å². The van der Waals surface area contributed by atoms with Crippen molar-refractivity contribution >= 4 is 0 Å². The van der Waals surface area contributed by atoms with Gasteiger partial charge in [-0.1, -0.05) is 30.3 Å². The summed E-state index contributed by atoms with van der Waals surface area (Å²) < 4.78 is 6.34. The summed E-state index contributed by atoms with van der Waals surface area (Å²) in [5, 5.41) is 0. The van der Waals surface area contributed by atoms with E-state index in [9.17, 15) is 0 Å². The first kappa shape index (κ1) is 11.2. The maximum absolute atomic E-state index is 6.34. The standard InChI is InChI=1S/C15H21NO/c1-15(13-7-3-2-4-8-13)10-9-14(17-15)16-11-5-6-12-16/h2-4,7-8,14H,5-6,9-12H2,1H3. The second-order valence-electron chi connectivity index (χ2n) is 5.45. The average molecular weight is 231 g/mol. The van der Waals surface area contributed by atoms with Crippen LogP contribution in [0.1, 0.15) is 38.2 Å². The fourth-order valence-corrected chi connectivity index (χ4v) is 3.11. The van der Waals surface area contributed by atoms with Gasteiger partial charge >= 0.3 is 0 Å². The fourth-order valence-electron chi connectivity index (χ4n) is 3.11. The molecule has 3 rings (SSSR count). The maximum Gasteiger partial charge on any atom is 0.111 e. The Hall–Kier alpha value is -0.860. The van der Waals surface area contributed by atoms with E-state index in [0.29, 0.717) is 6.23 Å². The van der Waals surface area contributed by atoms with Crippen LogP contribution in [0.25, 0.3) is 0 Å². The number of rotatable bonds is 2. The summed E-state index contributed by atoms with van der Waals surface area (Å²) in [5.74, 6) is 0. The molecule has 2 aliphatic heterocycles. The predicted molar refractivity (Wildman–Crippen MR) is 68.7 cm³/mol. The topological polar surface area (TPSA) is 12.5 Å². The van der Waals surface area contributed by atoms with Gasteiger partial charge in [0, 0.05) is 13.1 Å². The number of hydrogen-bond donors (Lipinski definition) is 0. The van der Waals surface area contributed by atoms with E-state index >= 15 is 0 Å². The van der Waals surface area contributed by atoms with Crippen LogP contribution in [-0.2, 0) is 10.3 Å².